The molecule has 0 aliphatic carbocycles. The molecule has 0 unspecified atom stereocenters. The zero-order valence-electron chi connectivity index (χ0n) is 13.6. The SMILES string of the molecule is Cc1nc(N2CCCCC2)ncc1C(=O)N1CCOC[C@@H](O)C1. The van der Waals surface area contributed by atoms with Gasteiger partial charge in [-0.2, -0.15) is 0 Å². The Kier molecular flexibility index (Phi) is 5.07. The molecule has 1 atom stereocenters. The molecule has 0 bridgehead atoms. The Hall–Kier alpha value is -1.73. The Morgan fingerprint density at radius 2 is 2.09 bits per heavy atom. The molecule has 2 saturated heterocycles. The number of hydrogen-bond acceptors (Lipinski definition) is 6. The molecule has 7 nitrogen and oxygen atoms in total. The summed E-state index contributed by atoms with van der Waals surface area (Å²) in [6.45, 7) is 5.26. The molecule has 3 heterocycles. The van der Waals surface area contributed by atoms with Gasteiger partial charge in [-0.25, -0.2) is 9.97 Å². The average Bonchev–Trinajstić information content (AvgIpc) is 2.79. The van der Waals surface area contributed by atoms with Gasteiger partial charge in [-0.15, -0.1) is 0 Å². The van der Waals surface area contributed by atoms with Gasteiger partial charge in [0, 0.05) is 32.4 Å². The zero-order chi connectivity index (χ0) is 16.2. The molecule has 0 saturated carbocycles. The topological polar surface area (TPSA) is 78.8 Å². The van der Waals surface area contributed by atoms with E-state index in [0.29, 0.717) is 30.4 Å². The molecule has 1 N–H and O–H groups in total. The number of carbonyl (C=O) groups excluding carboxylic acids is 1. The average molecular weight is 320 g/mol. The number of anilines is 1. The van der Waals surface area contributed by atoms with Crippen molar-refractivity contribution in [3.63, 3.8) is 0 Å². The minimum absolute atomic E-state index is 0.141. The van der Waals surface area contributed by atoms with E-state index in [1.807, 2.05) is 6.92 Å². The van der Waals surface area contributed by atoms with Gasteiger partial charge in [0.15, 0.2) is 0 Å². The maximum Gasteiger partial charge on any atom is 0.257 e. The maximum absolute atomic E-state index is 12.7. The van der Waals surface area contributed by atoms with Crippen LogP contribution in [0.5, 0.6) is 0 Å². The molecule has 0 spiro atoms. The molecular formula is C16H24N4O3. The number of piperidine rings is 1. The van der Waals surface area contributed by atoms with Crippen LogP contribution in [-0.2, 0) is 4.74 Å². The summed E-state index contributed by atoms with van der Waals surface area (Å²) in [5, 5.41) is 9.78. The van der Waals surface area contributed by atoms with E-state index in [1.54, 1.807) is 11.1 Å². The van der Waals surface area contributed by atoms with Gasteiger partial charge in [0.05, 0.1) is 30.6 Å². The van der Waals surface area contributed by atoms with E-state index in [4.69, 9.17) is 4.74 Å². The van der Waals surface area contributed by atoms with Crippen LogP contribution in [0.2, 0.25) is 0 Å². The van der Waals surface area contributed by atoms with Crippen LogP contribution >= 0.6 is 0 Å². The number of aromatic nitrogens is 2. The van der Waals surface area contributed by atoms with Gasteiger partial charge in [0.2, 0.25) is 5.95 Å². The summed E-state index contributed by atoms with van der Waals surface area (Å²) in [4.78, 5) is 25.4. The molecule has 1 aromatic rings. The van der Waals surface area contributed by atoms with E-state index >= 15 is 0 Å². The van der Waals surface area contributed by atoms with E-state index in [1.165, 1.54) is 6.42 Å². The minimum Gasteiger partial charge on any atom is -0.389 e. The highest BCUT2D eigenvalue weighted by atomic mass is 16.5. The molecule has 0 radical (unpaired) electrons. The lowest BCUT2D eigenvalue weighted by molar-refractivity contribution is 0.0534. The highest BCUT2D eigenvalue weighted by Gasteiger charge is 2.24. The Labute approximate surface area is 136 Å². The van der Waals surface area contributed by atoms with Crippen molar-refractivity contribution in [2.24, 2.45) is 0 Å². The fourth-order valence-corrected chi connectivity index (χ4v) is 3.06. The molecule has 2 aliphatic rings. The summed E-state index contributed by atoms with van der Waals surface area (Å²) < 4.78 is 5.27. The van der Waals surface area contributed by atoms with Gasteiger partial charge in [0.25, 0.3) is 5.91 Å². The lowest BCUT2D eigenvalue weighted by Gasteiger charge is -2.27. The number of nitrogens with zero attached hydrogens (tertiary/aromatic N) is 4. The van der Waals surface area contributed by atoms with Crippen LogP contribution in [0.3, 0.4) is 0 Å². The summed E-state index contributed by atoms with van der Waals surface area (Å²) in [7, 11) is 0. The summed E-state index contributed by atoms with van der Waals surface area (Å²) in [5.74, 6) is 0.565. The molecule has 126 valence electrons. The minimum atomic E-state index is -0.643. The molecule has 0 aromatic carbocycles. The van der Waals surface area contributed by atoms with Crippen LogP contribution < -0.4 is 4.90 Å². The van der Waals surface area contributed by atoms with Crippen LogP contribution in [0.15, 0.2) is 6.20 Å². The third kappa shape index (κ3) is 3.79. The third-order valence-corrected chi connectivity index (χ3v) is 4.37. The summed E-state index contributed by atoms with van der Waals surface area (Å²) in [6.07, 6.45) is 4.55. The summed E-state index contributed by atoms with van der Waals surface area (Å²) >= 11 is 0. The normalized spacial score (nSPS) is 22.8. The van der Waals surface area contributed by atoms with Gasteiger partial charge in [-0.3, -0.25) is 4.79 Å². The number of hydrogen-bond donors (Lipinski definition) is 1. The number of aryl methyl sites for hydroxylation is 1. The lowest BCUT2D eigenvalue weighted by Crippen LogP contribution is -2.38. The van der Waals surface area contributed by atoms with Crippen LogP contribution in [0.25, 0.3) is 0 Å². The van der Waals surface area contributed by atoms with Crippen molar-refractivity contribution in [3.05, 3.63) is 17.5 Å². The first-order chi connectivity index (χ1) is 11.1. The molecule has 7 heteroatoms. The van der Waals surface area contributed by atoms with Crippen molar-refractivity contribution in [2.45, 2.75) is 32.3 Å². The van der Waals surface area contributed by atoms with Crippen molar-refractivity contribution >= 4 is 11.9 Å². The molecule has 2 fully saturated rings. The number of aliphatic hydroxyl groups is 1. The first kappa shape index (κ1) is 16.1. The molecule has 2 aliphatic heterocycles. The number of ether oxygens (including phenoxy) is 1. The second-order valence-electron chi connectivity index (χ2n) is 6.20. The Morgan fingerprint density at radius 3 is 2.83 bits per heavy atom. The van der Waals surface area contributed by atoms with Crippen LogP contribution in [0.4, 0.5) is 5.95 Å². The van der Waals surface area contributed by atoms with Crippen molar-refractivity contribution in [3.8, 4) is 0 Å². The predicted molar refractivity (Wildman–Crippen MR) is 85.6 cm³/mol. The Balaban J connectivity index is 1.75. The van der Waals surface area contributed by atoms with Crippen molar-refractivity contribution in [1.29, 1.82) is 0 Å². The van der Waals surface area contributed by atoms with Crippen molar-refractivity contribution in [1.82, 2.24) is 14.9 Å². The van der Waals surface area contributed by atoms with Gasteiger partial charge in [-0.05, 0) is 26.2 Å². The lowest BCUT2D eigenvalue weighted by atomic mass is 10.1. The van der Waals surface area contributed by atoms with Gasteiger partial charge in [0.1, 0.15) is 0 Å². The standard InChI is InChI=1S/C16H24N4O3/c1-12-14(15(22)20-7-8-23-11-13(21)10-20)9-17-16(18-12)19-5-3-2-4-6-19/h9,13,21H,2-8,10-11H2,1H3/t13-/m0/s1. The van der Waals surface area contributed by atoms with Gasteiger partial charge < -0.3 is 19.6 Å². The van der Waals surface area contributed by atoms with E-state index in [2.05, 4.69) is 14.9 Å². The van der Waals surface area contributed by atoms with Gasteiger partial charge in [-0.1, -0.05) is 0 Å². The maximum atomic E-state index is 12.7. The highest BCUT2D eigenvalue weighted by molar-refractivity contribution is 5.95. The molecule has 23 heavy (non-hydrogen) atoms. The number of β-amino-alcohol motifs (C(OH)–C–C–N with tert-alkyl or cyclic N) is 1. The molecule has 3 rings (SSSR count). The van der Waals surface area contributed by atoms with E-state index in [9.17, 15) is 9.90 Å². The fourth-order valence-electron chi connectivity index (χ4n) is 3.06. The monoisotopic (exact) mass is 320 g/mol. The van der Waals surface area contributed by atoms with Crippen molar-refractivity contribution < 1.29 is 14.6 Å². The van der Waals surface area contributed by atoms with Gasteiger partial charge >= 0.3 is 0 Å². The second kappa shape index (κ2) is 7.23. The second-order valence-corrected chi connectivity index (χ2v) is 6.20. The van der Waals surface area contributed by atoms with Crippen molar-refractivity contribution in [2.75, 3.05) is 44.3 Å². The third-order valence-electron chi connectivity index (χ3n) is 4.37. The largest absolute Gasteiger partial charge is 0.389 e. The number of carbonyl (C=O) groups is 1. The Morgan fingerprint density at radius 1 is 1.30 bits per heavy atom. The van der Waals surface area contributed by atoms with E-state index < -0.39 is 6.10 Å². The number of aliphatic hydroxyl groups excluding tert-OH is 1. The highest BCUT2D eigenvalue weighted by Crippen LogP contribution is 2.18. The number of amides is 1. The van der Waals surface area contributed by atoms with E-state index in [0.717, 1.165) is 25.9 Å². The van der Waals surface area contributed by atoms with Crippen LogP contribution in [-0.4, -0.2) is 71.4 Å². The zero-order valence-corrected chi connectivity index (χ0v) is 13.6. The first-order valence-corrected chi connectivity index (χ1v) is 8.29. The first-order valence-electron chi connectivity index (χ1n) is 8.29. The molecule has 1 aromatic heterocycles. The van der Waals surface area contributed by atoms with Crippen LogP contribution in [0.1, 0.15) is 35.3 Å². The van der Waals surface area contributed by atoms with Crippen LogP contribution in [0, 0.1) is 6.92 Å². The summed E-state index contributed by atoms with van der Waals surface area (Å²) in [6, 6.07) is 0. The predicted octanol–water partition coefficient (Wildman–Crippen LogP) is 0.609. The quantitative estimate of drug-likeness (QED) is 0.860. The van der Waals surface area contributed by atoms with E-state index in [-0.39, 0.29) is 19.1 Å². The fraction of sp³-hybridized carbons (Fsp3) is 0.688. The Bertz CT molecular complexity index is 560. The number of rotatable bonds is 2. The molecule has 1 amide bonds. The smallest absolute Gasteiger partial charge is 0.257 e. The molecular weight excluding hydrogens is 296 g/mol. The summed E-state index contributed by atoms with van der Waals surface area (Å²) in [5.41, 5.74) is 1.19.